The second kappa shape index (κ2) is 4.23. The zero-order chi connectivity index (χ0) is 10.1. The molecule has 0 spiro atoms. The van der Waals surface area contributed by atoms with Gasteiger partial charge in [-0.15, -0.1) is 0 Å². The normalized spacial score (nSPS) is 10.5. The number of alkyl halides is 3. The van der Waals surface area contributed by atoms with Crippen LogP contribution in [0.1, 0.15) is 16.1 Å². The fourth-order valence-electron chi connectivity index (χ4n) is 0.712. The van der Waals surface area contributed by atoms with Gasteiger partial charge in [-0.05, 0) is 0 Å². The molecule has 0 aliphatic rings. The van der Waals surface area contributed by atoms with Crippen molar-refractivity contribution in [3.63, 3.8) is 0 Å². The molecular weight excluding hydrogens is 225 g/mol. The second-order valence-corrected chi connectivity index (χ2v) is 2.09. The number of hydrogen-bond acceptors (Lipinski definition) is 3. The molecule has 78 valence electrons. The van der Waals surface area contributed by atoms with E-state index < -0.39 is 23.4 Å². The van der Waals surface area contributed by atoms with Gasteiger partial charge in [0.2, 0.25) is 0 Å². The average molecular weight is 228 g/mol. The summed E-state index contributed by atoms with van der Waals surface area (Å²) in [6.07, 6.45) is -3.51. The summed E-state index contributed by atoms with van der Waals surface area (Å²) < 4.78 is 36.2. The smallest absolute Gasteiger partial charge is 0.434 e. The van der Waals surface area contributed by atoms with E-state index in [4.69, 9.17) is 5.11 Å². The Labute approximate surface area is 82.2 Å². The highest BCUT2D eigenvalue weighted by Gasteiger charge is 2.37. The lowest BCUT2D eigenvalue weighted by Crippen LogP contribution is -3.00. The van der Waals surface area contributed by atoms with E-state index in [0.29, 0.717) is 12.5 Å². The van der Waals surface area contributed by atoms with E-state index in [9.17, 15) is 18.0 Å². The van der Waals surface area contributed by atoms with Gasteiger partial charge in [0.15, 0.2) is 5.69 Å². The van der Waals surface area contributed by atoms with Crippen LogP contribution in [-0.4, -0.2) is 21.0 Å². The summed E-state index contributed by atoms with van der Waals surface area (Å²) in [5.41, 5.74) is -2.38. The maximum Gasteiger partial charge on any atom is 0.434 e. The van der Waals surface area contributed by atoms with Crippen LogP contribution in [0.5, 0.6) is 0 Å². The summed E-state index contributed by atoms with van der Waals surface area (Å²) >= 11 is 0. The van der Waals surface area contributed by atoms with E-state index in [1.807, 2.05) is 0 Å². The van der Waals surface area contributed by atoms with Gasteiger partial charge in [-0.25, -0.2) is 14.8 Å². The molecule has 0 aromatic carbocycles. The third-order valence-corrected chi connectivity index (χ3v) is 1.21. The molecule has 1 rings (SSSR count). The van der Waals surface area contributed by atoms with Crippen LogP contribution >= 0.6 is 0 Å². The highest BCUT2D eigenvalue weighted by molar-refractivity contribution is 5.88. The Morgan fingerprint density at radius 3 is 2.36 bits per heavy atom. The molecule has 0 atom stereocenters. The fraction of sp³-hybridized carbons (Fsp3) is 0.167. The predicted molar refractivity (Wildman–Crippen MR) is 34.0 cm³/mol. The minimum atomic E-state index is -4.77. The van der Waals surface area contributed by atoms with Gasteiger partial charge >= 0.3 is 12.1 Å². The van der Waals surface area contributed by atoms with Crippen LogP contribution in [0.15, 0.2) is 12.5 Å². The topological polar surface area (TPSA) is 63.1 Å². The molecule has 14 heavy (non-hydrogen) atoms. The maximum atomic E-state index is 12.1. The molecule has 1 aromatic rings. The van der Waals surface area contributed by atoms with E-state index in [1.165, 1.54) is 0 Å². The van der Waals surface area contributed by atoms with Crippen molar-refractivity contribution in [1.29, 1.82) is 0 Å². The molecule has 0 radical (unpaired) electrons. The number of rotatable bonds is 1. The number of carboxylic acids is 1. The van der Waals surface area contributed by atoms with Crippen molar-refractivity contribution < 1.29 is 35.5 Å². The van der Waals surface area contributed by atoms with E-state index in [2.05, 4.69) is 9.97 Å². The Hall–Kier alpha value is -1.37. The molecule has 0 aliphatic carbocycles. The van der Waals surface area contributed by atoms with Crippen molar-refractivity contribution in [2.75, 3.05) is 0 Å². The first-order valence-electron chi connectivity index (χ1n) is 3.03. The Morgan fingerprint density at radius 2 is 2.00 bits per heavy atom. The van der Waals surface area contributed by atoms with E-state index in [1.54, 1.807) is 0 Å². The third kappa shape index (κ3) is 2.56. The van der Waals surface area contributed by atoms with E-state index in [0.717, 1.165) is 0 Å². The number of aromatic carboxylic acids is 1. The van der Waals surface area contributed by atoms with E-state index >= 15 is 0 Å². The van der Waals surface area contributed by atoms with Crippen LogP contribution in [0.4, 0.5) is 13.2 Å². The highest BCUT2D eigenvalue weighted by Crippen LogP contribution is 2.29. The third-order valence-electron chi connectivity index (χ3n) is 1.21. The molecule has 0 amide bonds. The number of hydrogen-bond donors (Lipinski definition) is 1. The van der Waals surface area contributed by atoms with Crippen molar-refractivity contribution in [1.82, 2.24) is 9.97 Å². The van der Waals surface area contributed by atoms with Crippen LogP contribution in [0, 0.1) is 0 Å². The van der Waals surface area contributed by atoms with Crippen LogP contribution in [0.25, 0.3) is 0 Å². The number of carboxylic acid groups (broad SMARTS) is 1. The lowest BCUT2D eigenvalue weighted by molar-refractivity contribution is -0.141. The fourth-order valence-corrected chi connectivity index (χ4v) is 0.712. The first kappa shape index (κ1) is 12.6. The summed E-state index contributed by atoms with van der Waals surface area (Å²) in [5.74, 6) is -1.70. The summed E-state index contributed by atoms with van der Waals surface area (Å²) in [6.45, 7) is 0. The minimum Gasteiger partial charge on any atom is -1.00 e. The molecule has 0 unspecified atom stereocenters. The van der Waals surface area contributed by atoms with Gasteiger partial charge in [0, 0.05) is 6.20 Å². The number of carbonyl (C=O) groups is 1. The zero-order valence-electron chi connectivity index (χ0n) is 6.42. The molecule has 4 nitrogen and oxygen atoms in total. The lowest BCUT2D eigenvalue weighted by Gasteiger charge is -2.06. The number of nitrogens with zero attached hydrogens (tertiary/aromatic N) is 2. The zero-order valence-corrected chi connectivity index (χ0v) is 7.17. The number of halogens is 4. The van der Waals surface area contributed by atoms with Crippen LogP contribution in [-0.2, 0) is 6.18 Å². The van der Waals surface area contributed by atoms with Gasteiger partial charge in [0.1, 0.15) is 11.9 Å². The Balaban J connectivity index is 0.00000169. The van der Waals surface area contributed by atoms with Crippen LogP contribution < -0.4 is 12.4 Å². The SMILES string of the molecule is O=C(O)c1cncnc1C(F)(F)F.[Cl-]. The lowest BCUT2D eigenvalue weighted by atomic mass is 10.2. The first-order chi connectivity index (χ1) is 5.93. The molecule has 0 aliphatic heterocycles. The Morgan fingerprint density at radius 1 is 1.43 bits per heavy atom. The van der Waals surface area contributed by atoms with Gasteiger partial charge in [0.25, 0.3) is 0 Å². The maximum absolute atomic E-state index is 12.1. The molecule has 1 N–H and O–H groups in total. The molecular formula is C6H3ClF3N2O2-. The van der Waals surface area contributed by atoms with Gasteiger partial charge < -0.3 is 17.5 Å². The largest absolute Gasteiger partial charge is 1.00 e. The summed E-state index contributed by atoms with van der Waals surface area (Å²) in [5, 5.41) is 8.35. The second-order valence-electron chi connectivity index (χ2n) is 2.09. The van der Waals surface area contributed by atoms with Crippen molar-refractivity contribution in [2.45, 2.75) is 6.18 Å². The Kier molecular flexibility index (Phi) is 3.81. The van der Waals surface area contributed by atoms with Crippen LogP contribution in [0.3, 0.4) is 0 Å². The van der Waals surface area contributed by atoms with E-state index in [-0.39, 0.29) is 12.4 Å². The standard InChI is InChI=1S/C6H3F3N2O2.ClH/c7-6(8,9)4-3(5(12)13)1-10-2-11-4;/h1-2H,(H,12,13);1H/p-1. The first-order valence-corrected chi connectivity index (χ1v) is 3.03. The molecule has 0 saturated carbocycles. The quantitative estimate of drug-likeness (QED) is 0.615. The van der Waals surface area contributed by atoms with Gasteiger partial charge in [0.05, 0.1) is 0 Å². The van der Waals surface area contributed by atoms with Crippen molar-refractivity contribution >= 4 is 5.97 Å². The van der Waals surface area contributed by atoms with Gasteiger partial charge in [-0.3, -0.25) is 0 Å². The number of aromatic nitrogens is 2. The monoisotopic (exact) mass is 227 g/mol. The average Bonchev–Trinajstić information content (AvgIpc) is 2.03. The molecule has 0 saturated heterocycles. The predicted octanol–water partition coefficient (Wildman–Crippen LogP) is -1.80. The Bertz CT molecular complexity index is 342. The van der Waals surface area contributed by atoms with Crippen molar-refractivity contribution in [3.05, 3.63) is 23.8 Å². The summed E-state index contributed by atoms with van der Waals surface area (Å²) in [4.78, 5) is 16.3. The molecule has 1 heterocycles. The summed E-state index contributed by atoms with van der Waals surface area (Å²) in [7, 11) is 0. The highest BCUT2D eigenvalue weighted by atomic mass is 35.5. The molecule has 0 bridgehead atoms. The van der Waals surface area contributed by atoms with Gasteiger partial charge in [-0.1, -0.05) is 0 Å². The molecule has 1 aromatic heterocycles. The summed E-state index contributed by atoms with van der Waals surface area (Å²) in [6, 6.07) is 0. The molecule has 0 fully saturated rings. The van der Waals surface area contributed by atoms with Crippen molar-refractivity contribution in [2.24, 2.45) is 0 Å². The molecule has 8 heteroatoms. The van der Waals surface area contributed by atoms with Crippen LogP contribution in [0.2, 0.25) is 0 Å². The minimum absolute atomic E-state index is 0. The van der Waals surface area contributed by atoms with Crippen molar-refractivity contribution in [3.8, 4) is 0 Å². The van der Waals surface area contributed by atoms with Gasteiger partial charge in [-0.2, -0.15) is 13.2 Å².